The average Bonchev–Trinajstić information content (AvgIpc) is 2.81. The van der Waals surface area contributed by atoms with Gasteiger partial charge in [0.1, 0.15) is 0 Å². The van der Waals surface area contributed by atoms with E-state index >= 15 is 0 Å². The number of nitro groups is 1. The summed E-state index contributed by atoms with van der Waals surface area (Å²) in [6, 6.07) is 13.8. The van der Waals surface area contributed by atoms with E-state index in [1.807, 2.05) is 37.3 Å². The molecule has 1 N–H and O–H groups in total. The fourth-order valence-electron chi connectivity index (χ4n) is 4.31. The van der Waals surface area contributed by atoms with E-state index in [4.69, 9.17) is 0 Å². The van der Waals surface area contributed by atoms with E-state index < -0.39 is 10.5 Å². The number of nitrogens with zero attached hydrogens (tertiary/aromatic N) is 4. The molecule has 172 valence electrons. The molecule has 1 fully saturated rings. The van der Waals surface area contributed by atoms with Crippen molar-refractivity contribution < 1.29 is 14.8 Å². The van der Waals surface area contributed by atoms with E-state index in [0.717, 1.165) is 5.56 Å². The Balaban J connectivity index is 1.40. The zero-order valence-corrected chi connectivity index (χ0v) is 18.4. The summed E-state index contributed by atoms with van der Waals surface area (Å²) in [7, 11) is 0. The molecule has 4 rings (SSSR count). The molecule has 2 aromatic carbocycles. The lowest BCUT2D eigenvalue weighted by atomic mass is 9.90. The molecule has 0 aliphatic carbocycles. The molecule has 0 bridgehead atoms. The van der Waals surface area contributed by atoms with Gasteiger partial charge in [-0.2, -0.15) is 0 Å². The summed E-state index contributed by atoms with van der Waals surface area (Å²) in [4.78, 5) is 41.9. The summed E-state index contributed by atoms with van der Waals surface area (Å²) < 4.78 is 1.34. The summed E-state index contributed by atoms with van der Waals surface area (Å²) in [5.74, 6) is 0.164. The minimum atomic E-state index is -1.14. The second kappa shape index (κ2) is 9.11. The molecule has 1 saturated heterocycles. The van der Waals surface area contributed by atoms with Crippen molar-refractivity contribution in [2.45, 2.75) is 44.2 Å². The topological polar surface area (TPSA) is 119 Å². The number of amides is 1. The van der Waals surface area contributed by atoms with Crippen LogP contribution in [0.15, 0.2) is 59.7 Å². The third kappa shape index (κ3) is 4.93. The molecule has 0 spiro atoms. The Morgan fingerprint density at radius 1 is 1.21 bits per heavy atom. The smallest absolute Gasteiger partial charge is 0.271 e. The van der Waals surface area contributed by atoms with Gasteiger partial charge >= 0.3 is 0 Å². The van der Waals surface area contributed by atoms with Crippen molar-refractivity contribution in [2.75, 3.05) is 13.1 Å². The Labute approximate surface area is 190 Å². The highest BCUT2D eigenvalue weighted by Crippen LogP contribution is 2.26. The van der Waals surface area contributed by atoms with Crippen molar-refractivity contribution in [3.05, 3.63) is 80.9 Å². The maximum atomic E-state index is 12.8. The maximum Gasteiger partial charge on any atom is 0.271 e. The lowest BCUT2D eigenvalue weighted by Gasteiger charge is -2.38. The van der Waals surface area contributed by atoms with E-state index in [0.29, 0.717) is 32.4 Å². The second-order valence-corrected chi connectivity index (χ2v) is 8.76. The zero-order chi connectivity index (χ0) is 23.6. The molecule has 1 aliphatic rings. The predicted molar refractivity (Wildman–Crippen MR) is 123 cm³/mol. The molecule has 1 amide bonds. The third-order valence-corrected chi connectivity index (χ3v) is 6.38. The molecular weight excluding hydrogens is 424 g/mol. The van der Waals surface area contributed by atoms with Gasteiger partial charge in [0.2, 0.25) is 5.91 Å². The number of nitro benzene ring substituents is 1. The fourth-order valence-corrected chi connectivity index (χ4v) is 4.31. The first-order valence-electron chi connectivity index (χ1n) is 10.9. The molecule has 9 heteroatoms. The van der Waals surface area contributed by atoms with Gasteiger partial charge in [-0.15, -0.1) is 0 Å². The Morgan fingerprint density at radius 2 is 1.91 bits per heavy atom. The van der Waals surface area contributed by atoms with Crippen LogP contribution in [0, 0.1) is 10.1 Å². The summed E-state index contributed by atoms with van der Waals surface area (Å²) in [6.45, 7) is 2.91. The van der Waals surface area contributed by atoms with Crippen molar-refractivity contribution in [3.63, 3.8) is 0 Å². The summed E-state index contributed by atoms with van der Waals surface area (Å²) in [5, 5.41) is 22.3. The first-order chi connectivity index (χ1) is 15.8. The van der Waals surface area contributed by atoms with Gasteiger partial charge < -0.3 is 10.0 Å². The predicted octanol–water partition coefficient (Wildman–Crippen LogP) is 2.85. The van der Waals surface area contributed by atoms with Crippen LogP contribution in [0.1, 0.15) is 37.7 Å². The SMILES string of the molecule is CC(CC(=O)N1CCC(O)(Cn2cnc3cc([N+](=O)[O-])ccc3c2=O)CC1)c1ccccc1. The highest BCUT2D eigenvalue weighted by molar-refractivity contribution is 5.79. The standard InChI is InChI=1S/C24H26N4O5/c1-17(18-5-3-2-4-6-18)13-22(29)26-11-9-24(31,10-12-26)15-27-16-25-21-14-19(28(32)33)7-8-20(21)23(27)30/h2-8,14,16-17,31H,9-13,15H2,1H3. The van der Waals surface area contributed by atoms with Crippen LogP contribution in [-0.4, -0.2) is 49.1 Å². The molecule has 2 heterocycles. The molecular formula is C24H26N4O5. The van der Waals surface area contributed by atoms with Gasteiger partial charge in [-0.25, -0.2) is 4.98 Å². The van der Waals surface area contributed by atoms with Crippen LogP contribution >= 0.6 is 0 Å². The number of carbonyl (C=O) groups excluding carboxylic acids is 1. The van der Waals surface area contributed by atoms with Gasteiger partial charge in [0.15, 0.2) is 0 Å². The first-order valence-corrected chi connectivity index (χ1v) is 10.9. The number of likely N-dealkylation sites (tertiary alicyclic amines) is 1. The zero-order valence-electron chi connectivity index (χ0n) is 18.4. The van der Waals surface area contributed by atoms with Crippen molar-refractivity contribution >= 4 is 22.5 Å². The van der Waals surface area contributed by atoms with Gasteiger partial charge in [-0.3, -0.25) is 24.3 Å². The molecule has 3 aromatic rings. The van der Waals surface area contributed by atoms with E-state index in [-0.39, 0.29) is 40.5 Å². The molecule has 1 unspecified atom stereocenters. The van der Waals surface area contributed by atoms with Crippen molar-refractivity contribution in [2.24, 2.45) is 0 Å². The number of fused-ring (bicyclic) bond motifs is 1. The number of aliphatic hydroxyl groups is 1. The Morgan fingerprint density at radius 3 is 2.58 bits per heavy atom. The van der Waals surface area contributed by atoms with E-state index in [2.05, 4.69) is 4.98 Å². The van der Waals surface area contributed by atoms with Crippen LogP contribution in [0.5, 0.6) is 0 Å². The molecule has 9 nitrogen and oxygen atoms in total. The highest BCUT2D eigenvalue weighted by atomic mass is 16.6. The molecule has 1 aromatic heterocycles. The first kappa shape index (κ1) is 22.6. The fraction of sp³-hybridized carbons (Fsp3) is 0.375. The van der Waals surface area contributed by atoms with Gasteiger partial charge in [-0.1, -0.05) is 37.3 Å². The Bertz CT molecular complexity index is 1230. The normalized spacial score (nSPS) is 16.5. The second-order valence-electron chi connectivity index (χ2n) is 8.76. The summed E-state index contributed by atoms with van der Waals surface area (Å²) in [6.07, 6.45) is 2.42. The molecule has 1 aliphatic heterocycles. The van der Waals surface area contributed by atoms with Gasteiger partial charge in [-0.05, 0) is 30.4 Å². The molecule has 0 radical (unpaired) electrons. The van der Waals surface area contributed by atoms with Crippen molar-refractivity contribution in [3.8, 4) is 0 Å². The molecule has 33 heavy (non-hydrogen) atoms. The van der Waals surface area contributed by atoms with E-state index in [9.17, 15) is 24.8 Å². The Kier molecular flexibility index (Phi) is 6.24. The van der Waals surface area contributed by atoms with Crippen LogP contribution in [0.4, 0.5) is 5.69 Å². The van der Waals surface area contributed by atoms with Crippen LogP contribution in [0.25, 0.3) is 10.9 Å². The van der Waals surface area contributed by atoms with E-state index in [1.54, 1.807) is 4.90 Å². The number of aromatic nitrogens is 2. The summed E-state index contributed by atoms with van der Waals surface area (Å²) >= 11 is 0. The van der Waals surface area contributed by atoms with Crippen molar-refractivity contribution in [1.29, 1.82) is 0 Å². The van der Waals surface area contributed by atoms with E-state index in [1.165, 1.54) is 29.1 Å². The number of hydrogen-bond donors (Lipinski definition) is 1. The number of non-ortho nitro benzene ring substituents is 1. The van der Waals surface area contributed by atoms with Crippen LogP contribution in [-0.2, 0) is 11.3 Å². The monoisotopic (exact) mass is 450 g/mol. The minimum Gasteiger partial charge on any atom is -0.388 e. The largest absolute Gasteiger partial charge is 0.388 e. The number of benzene rings is 2. The minimum absolute atomic E-state index is 0.0498. The number of piperidine rings is 1. The van der Waals surface area contributed by atoms with Crippen LogP contribution < -0.4 is 5.56 Å². The van der Waals surface area contributed by atoms with Gasteiger partial charge in [0.25, 0.3) is 11.2 Å². The van der Waals surface area contributed by atoms with Gasteiger partial charge in [0, 0.05) is 31.6 Å². The third-order valence-electron chi connectivity index (χ3n) is 6.38. The lowest BCUT2D eigenvalue weighted by Crippen LogP contribution is -2.49. The highest BCUT2D eigenvalue weighted by Gasteiger charge is 2.35. The Hall–Kier alpha value is -3.59. The summed E-state index contributed by atoms with van der Waals surface area (Å²) in [5.41, 5.74) is -0.275. The maximum absolute atomic E-state index is 12.8. The van der Waals surface area contributed by atoms with Crippen LogP contribution in [0.3, 0.4) is 0 Å². The number of carbonyl (C=O) groups is 1. The quantitative estimate of drug-likeness (QED) is 0.456. The average molecular weight is 450 g/mol. The number of rotatable bonds is 6. The van der Waals surface area contributed by atoms with Crippen LogP contribution in [0.2, 0.25) is 0 Å². The number of hydrogen-bond acceptors (Lipinski definition) is 6. The lowest BCUT2D eigenvalue weighted by molar-refractivity contribution is -0.384. The van der Waals surface area contributed by atoms with Crippen molar-refractivity contribution in [1.82, 2.24) is 14.5 Å². The molecule has 1 atom stereocenters. The van der Waals surface area contributed by atoms with Gasteiger partial charge in [0.05, 0.1) is 34.3 Å². The molecule has 0 saturated carbocycles.